The minimum atomic E-state index is 0.454. The van der Waals surface area contributed by atoms with Crippen molar-refractivity contribution in [1.29, 1.82) is 0 Å². The van der Waals surface area contributed by atoms with Crippen LogP contribution in [0, 0.1) is 11.3 Å². The smallest absolute Gasteiger partial charge is 0.104 e. The molecule has 0 saturated heterocycles. The summed E-state index contributed by atoms with van der Waals surface area (Å²) in [4.78, 5) is 0. The van der Waals surface area contributed by atoms with Crippen molar-refractivity contribution in [3.8, 4) is 0 Å². The molecule has 1 heteroatoms. The lowest BCUT2D eigenvalue weighted by Gasteiger charge is -2.32. The number of nitrogens with zero attached hydrogens (tertiary/aromatic N) is 1. The van der Waals surface area contributed by atoms with Crippen LogP contribution < -0.4 is 0 Å². The zero-order valence-electron chi connectivity index (χ0n) is 13.7. The molecule has 0 aromatic heterocycles. The van der Waals surface area contributed by atoms with E-state index in [1.165, 1.54) is 24.9 Å². The van der Waals surface area contributed by atoms with Gasteiger partial charge in [-0.1, -0.05) is 58.0 Å². The van der Waals surface area contributed by atoms with Gasteiger partial charge >= 0.3 is 0 Å². The molecule has 0 heterocycles. The molecule has 108 valence electrons. The molecule has 0 unspecified atom stereocenters. The van der Waals surface area contributed by atoms with Crippen molar-refractivity contribution in [3.05, 3.63) is 35.9 Å². The van der Waals surface area contributed by atoms with Crippen molar-refractivity contribution in [2.75, 3.05) is 20.6 Å². The summed E-state index contributed by atoms with van der Waals surface area (Å²) in [7, 11) is 4.69. The van der Waals surface area contributed by atoms with Gasteiger partial charge in [-0.05, 0) is 24.2 Å². The monoisotopic (exact) mass is 262 g/mol. The molecule has 0 bridgehead atoms. The Morgan fingerprint density at radius 2 is 1.63 bits per heavy atom. The Balaban J connectivity index is 2.42. The van der Waals surface area contributed by atoms with Crippen LogP contribution >= 0.6 is 0 Å². The van der Waals surface area contributed by atoms with Gasteiger partial charge in [0.25, 0.3) is 0 Å². The molecule has 1 aromatic carbocycles. The molecule has 1 atom stereocenters. The summed E-state index contributed by atoms with van der Waals surface area (Å²) >= 11 is 0. The maximum Gasteiger partial charge on any atom is 0.104 e. The number of hydrogen-bond donors (Lipinski definition) is 0. The maximum atomic E-state index is 2.40. The van der Waals surface area contributed by atoms with E-state index >= 15 is 0 Å². The van der Waals surface area contributed by atoms with E-state index in [4.69, 9.17) is 0 Å². The Morgan fingerprint density at radius 1 is 1.05 bits per heavy atom. The zero-order chi connectivity index (χ0) is 14.5. The molecule has 0 radical (unpaired) electrons. The molecule has 1 rings (SSSR count). The predicted octanol–water partition coefficient (Wildman–Crippen LogP) is 4.73. The van der Waals surface area contributed by atoms with Gasteiger partial charge in [-0.3, -0.25) is 0 Å². The Hall–Kier alpha value is -0.820. The predicted molar refractivity (Wildman–Crippen MR) is 85.0 cm³/mol. The fourth-order valence-electron chi connectivity index (χ4n) is 2.87. The van der Waals surface area contributed by atoms with Crippen LogP contribution in [0.25, 0.3) is 0 Å². The van der Waals surface area contributed by atoms with Gasteiger partial charge in [0.1, 0.15) is 6.54 Å². The van der Waals surface area contributed by atoms with Crippen LogP contribution in [0.4, 0.5) is 0 Å². The third-order valence-electron chi connectivity index (χ3n) is 3.64. The lowest BCUT2D eigenvalue weighted by atomic mass is 9.84. The van der Waals surface area contributed by atoms with E-state index in [0.717, 1.165) is 16.9 Å². The molecule has 1 aromatic rings. The minimum absolute atomic E-state index is 0.454. The Bertz CT molecular complexity index is 359. The van der Waals surface area contributed by atoms with Crippen molar-refractivity contribution in [2.45, 2.75) is 47.1 Å². The summed E-state index contributed by atoms with van der Waals surface area (Å²) in [5.74, 6) is 0.813. The normalized spacial score (nSPS) is 14.4. The molecule has 0 aliphatic rings. The molecule has 0 saturated carbocycles. The van der Waals surface area contributed by atoms with Crippen molar-refractivity contribution < 1.29 is 4.48 Å². The summed E-state index contributed by atoms with van der Waals surface area (Å²) in [6.07, 6.45) is 2.63. The van der Waals surface area contributed by atoms with Gasteiger partial charge in [-0.2, -0.15) is 0 Å². The molecular formula is C18H32N+. The van der Waals surface area contributed by atoms with Gasteiger partial charge in [0.15, 0.2) is 0 Å². The number of rotatable bonds is 6. The zero-order valence-corrected chi connectivity index (χ0v) is 13.7. The van der Waals surface area contributed by atoms with Gasteiger partial charge in [0, 0.05) is 5.56 Å². The highest BCUT2D eigenvalue weighted by Gasteiger charge is 2.20. The quantitative estimate of drug-likeness (QED) is 0.650. The molecule has 1 nitrogen and oxygen atoms in total. The average molecular weight is 262 g/mol. The second-order valence-corrected chi connectivity index (χ2v) is 7.96. The molecular weight excluding hydrogens is 230 g/mol. The third kappa shape index (κ3) is 7.37. The molecule has 0 fully saturated rings. The van der Waals surface area contributed by atoms with Crippen LogP contribution in [-0.2, 0) is 6.54 Å². The van der Waals surface area contributed by atoms with Crippen molar-refractivity contribution in [3.63, 3.8) is 0 Å². The average Bonchev–Trinajstić information content (AvgIpc) is 2.25. The first kappa shape index (κ1) is 16.2. The fraction of sp³-hybridized carbons (Fsp3) is 0.667. The van der Waals surface area contributed by atoms with Crippen LogP contribution in [0.3, 0.4) is 0 Å². The summed E-state index contributed by atoms with van der Waals surface area (Å²) < 4.78 is 1.08. The second-order valence-electron chi connectivity index (χ2n) is 7.96. The first-order valence-corrected chi connectivity index (χ1v) is 7.54. The topological polar surface area (TPSA) is 0 Å². The first-order valence-electron chi connectivity index (χ1n) is 7.54. The van der Waals surface area contributed by atoms with Crippen molar-refractivity contribution in [1.82, 2.24) is 0 Å². The van der Waals surface area contributed by atoms with Crippen LogP contribution in [0.15, 0.2) is 30.3 Å². The lowest BCUT2D eigenvalue weighted by molar-refractivity contribution is -0.904. The second kappa shape index (κ2) is 6.56. The van der Waals surface area contributed by atoms with E-state index in [1.54, 1.807) is 0 Å². The Morgan fingerprint density at radius 3 is 2.16 bits per heavy atom. The highest BCUT2D eigenvalue weighted by molar-refractivity contribution is 5.13. The molecule has 0 N–H and O–H groups in total. The molecule has 0 aliphatic carbocycles. The van der Waals surface area contributed by atoms with E-state index in [-0.39, 0.29) is 0 Å². The minimum Gasteiger partial charge on any atom is -0.325 e. The lowest BCUT2D eigenvalue weighted by Crippen LogP contribution is -2.40. The summed E-state index contributed by atoms with van der Waals surface area (Å²) in [5.41, 5.74) is 1.90. The standard InChI is InChI=1S/C18H32N/c1-16(14-18(2,3)4)12-13-19(5,6)15-17-10-8-7-9-11-17/h7-11,16H,12-15H2,1-6H3/q+1/t16-/m1/s1. The van der Waals surface area contributed by atoms with E-state index in [9.17, 15) is 0 Å². The van der Waals surface area contributed by atoms with Gasteiger partial charge < -0.3 is 4.48 Å². The molecule has 0 spiro atoms. The van der Waals surface area contributed by atoms with Crippen LogP contribution in [0.5, 0.6) is 0 Å². The van der Waals surface area contributed by atoms with Gasteiger partial charge in [0.2, 0.25) is 0 Å². The SMILES string of the molecule is C[C@H](CC[N+](C)(C)Cc1ccccc1)CC(C)(C)C. The highest BCUT2D eigenvalue weighted by atomic mass is 15.3. The van der Waals surface area contributed by atoms with E-state index in [1.807, 2.05) is 0 Å². The third-order valence-corrected chi connectivity index (χ3v) is 3.64. The van der Waals surface area contributed by atoms with Crippen LogP contribution in [-0.4, -0.2) is 25.1 Å². The first-order chi connectivity index (χ1) is 8.68. The van der Waals surface area contributed by atoms with Gasteiger partial charge in [-0.15, -0.1) is 0 Å². The van der Waals surface area contributed by atoms with Crippen molar-refractivity contribution in [2.24, 2.45) is 11.3 Å². The van der Waals surface area contributed by atoms with E-state index in [2.05, 4.69) is 72.1 Å². The van der Waals surface area contributed by atoms with Crippen LogP contribution in [0.2, 0.25) is 0 Å². The van der Waals surface area contributed by atoms with Crippen LogP contribution in [0.1, 0.15) is 46.1 Å². The Kier molecular flexibility index (Phi) is 5.61. The van der Waals surface area contributed by atoms with Gasteiger partial charge in [-0.25, -0.2) is 0 Å². The van der Waals surface area contributed by atoms with E-state index in [0.29, 0.717) is 5.41 Å². The molecule has 19 heavy (non-hydrogen) atoms. The van der Waals surface area contributed by atoms with Crippen molar-refractivity contribution >= 4 is 0 Å². The fourth-order valence-corrected chi connectivity index (χ4v) is 2.87. The van der Waals surface area contributed by atoms with E-state index < -0.39 is 0 Å². The largest absolute Gasteiger partial charge is 0.325 e. The summed E-state index contributed by atoms with van der Waals surface area (Å²) in [6.45, 7) is 11.8. The Labute approximate surface area is 120 Å². The number of hydrogen-bond acceptors (Lipinski definition) is 0. The summed E-state index contributed by atoms with van der Waals surface area (Å²) in [6, 6.07) is 10.8. The molecule has 0 aliphatic heterocycles. The molecule has 0 amide bonds. The summed E-state index contributed by atoms with van der Waals surface area (Å²) in [5, 5.41) is 0. The number of benzene rings is 1. The van der Waals surface area contributed by atoms with Gasteiger partial charge in [0.05, 0.1) is 20.6 Å². The highest BCUT2D eigenvalue weighted by Crippen LogP contribution is 2.26. The maximum absolute atomic E-state index is 2.40. The number of quaternary nitrogens is 1.